The van der Waals surface area contributed by atoms with Crippen LogP contribution in [0.3, 0.4) is 0 Å². The molecule has 1 rings (SSSR count). The molecule has 1 unspecified atom stereocenters. The zero-order valence-electron chi connectivity index (χ0n) is 9.97. The number of nitrogens with one attached hydrogen (secondary N) is 1. The van der Waals surface area contributed by atoms with E-state index in [4.69, 9.17) is 5.11 Å². The summed E-state index contributed by atoms with van der Waals surface area (Å²) in [7, 11) is 0. The van der Waals surface area contributed by atoms with Crippen molar-refractivity contribution in [3.8, 4) is 0 Å². The third-order valence-corrected chi connectivity index (χ3v) is 2.12. The van der Waals surface area contributed by atoms with E-state index in [1.165, 1.54) is 10.7 Å². The average Bonchev–Trinajstić information content (AvgIpc) is 2.21. The summed E-state index contributed by atoms with van der Waals surface area (Å²) in [6, 6.07) is 1.80. The Balaban J connectivity index is 2.79. The average molecular weight is 225 g/mol. The summed E-state index contributed by atoms with van der Waals surface area (Å²) in [6.07, 6.45) is 1.63. The fraction of sp³-hybridized carbons (Fsp3) is 0.636. The minimum Gasteiger partial charge on any atom is -0.396 e. The first kappa shape index (κ1) is 12.7. The van der Waals surface area contributed by atoms with Crippen LogP contribution in [-0.2, 0) is 6.54 Å². The Labute approximate surface area is 95.1 Å². The lowest BCUT2D eigenvalue weighted by atomic mass is 10.2. The van der Waals surface area contributed by atoms with Crippen LogP contribution in [0.15, 0.2) is 17.1 Å². The van der Waals surface area contributed by atoms with Gasteiger partial charge in [-0.05, 0) is 19.8 Å². The van der Waals surface area contributed by atoms with Crippen LogP contribution in [0, 0.1) is 5.92 Å². The van der Waals surface area contributed by atoms with Crippen molar-refractivity contribution in [3.05, 3.63) is 22.6 Å². The van der Waals surface area contributed by atoms with Crippen molar-refractivity contribution in [2.45, 2.75) is 33.4 Å². The second-order valence-electron chi connectivity index (χ2n) is 4.35. The van der Waals surface area contributed by atoms with E-state index in [1.807, 2.05) is 20.8 Å². The van der Waals surface area contributed by atoms with Crippen molar-refractivity contribution in [2.24, 2.45) is 5.92 Å². The predicted molar refractivity (Wildman–Crippen MR) is 63.5 cm³/mol. The lowest BCUT2D eigenvalue weighted by Crippen LogP contribution is -2.27. The molecule has 0 saturated heterocycles. The van der Waals surface area contributed by atoms with Gasteiger partial charge in [0.25, 0.3) is 5.56 Å². The molecule has 0 aliphatic carbocycles. The summed E-state index contributed by atoms with van der Waals surface area (Å²) < 4.78 is 1.37. The summed E-state index contributed by atoms with van der Waals surface area (Å²) >= 11 is 0. The third-order valence-electron chi connectivity index (χ3n) is 2.12. The van der Waals surface area contributed by atoms with E-state index in [2.05, 4.69) is 10.4 Å². The third kappa shape index (κ3) is 3.66. The SMILES string of the molecule is CC(CO)Cn1ncc(NC(C)C)cc1=O. The minimum atomic E-state index is -0.147. The molecule has 5 heteroatoms. The van der Waals surface area contributed by atoms with E-state index < -0.39 is 0 Å². The maximum absolute atomic E-state index is 11.7. The van der Waals surface area contributed by atoms with Gasteiger partial charge in [-0.2, -0.15) is 5.10 Å². The highest BCUT2D eigenvalue weighted by atomic mass is 16.3. The van der Waals surface area contributed by atoms with Gasteiger partial charge >= 0.3 is 0 Å². The van der Waals surface area contributed by atoms with Crippen LogP contribution in [0.1, 0.15) is 20.8 Å². The smallest absolute Gasteiger partial charge is 0.268 e. The quantitative estimate of drug-likeness (QED) is 0.773. The maximum Gasteiger partial charge on any atom is 0.268 e. The second kappa shape index (κ2) is 5.65. The van der Waals surface area contributed by atoms with Crippen LogP contribution in [0.2, 0.25) is 0 Å². The van der Waals surface area contributed by atoms with Gasteiger partial charge in [0.05, 0.1) is 11.9 Å². The summed E-state index contributed by atoms with van der Waals surface area (Å²) in [5.74, 6) is 0.0362. The molecule has 90 valence electrons. The second-order valence-corrected chi connectivity index (χ2v) is 4.35. The Morgan fingerprint density at radius 2 is 2.19 bits per heavy atom. The molecule has 1 aromatic heterocycles. The molecule has 5 nitrogen and oxygen atoms in total. The highest BCUT2D eigenvalue weighted by Gasteiger charge is 2.05. The Bertz CT molecular complexity index is 387. The highest BCUT2D eigenvalue weighted by molar-refractivity contribution is 5.39. The van der Waals surface area contributed by atoms with Crippen molar-refractivity contribution >= 4 is 5.69 Å². The maximum atomic E-state index is 11.7. The topological polar surface area (TPSA) is 67.2 Å². The molecule has 0 spiro atoms. The van der Waals surface area contributed by atoms with Crippen molar-refractivity contribution in [2.75, 3.05) is 11.9 Å². The molecule has 0 amide bonds. The van der Waals surface area contributed by atoms with Crippen LogP contribution in [0.5, 0.6) is 0 Å². The zero-order chi connectivity index (χ0) is 12.1. The van der Waals surface area contributed by atoms with Crippen LogP contribution >= 0.6 is 0 Å². The first-order chi connectivity index (χ1) is 7.52. The summed E-state index contributed by atoms with van der Waals surface area (Å²) in [4.78, 5) is 11.7. The Kier molecular flexibility index (Phi) is 4.49. The molecule has 0 aromatic carbocycles. The van der Waals surface area contributed by atoms with E-state index in [1.54, 1.807) is 6.20 Å². The van der Waals surface area contributed by atoms with Crippen LogP contribution in [0.4, 0.5) is 5.69 Å². The number of nitrogens with zero attached hydrogens (tertiary/aromatic N) is 2. The molecule has 0 aliphatic rings. The standard InChI is InChI=1S/C11H19N3O2/c1-8(2)13-10-4-11(16)14(12-5-10)6-9(3)7-15/h4-5,8-9,13,15H,6-7H2,1-3H3. The number of aliphatic hydroxyl groups excluding tert-OH is 1. The summed E-state index contributed by atoms with van der Waals surface area (Å²) in [5.41, 5.74) is 0.582. The first-order valence-electron chi connectivity index (χ1n) is 5.47. The molecule has 1 atom stereocenters. The van der Waals surface area contributed by atoms with Gasteiger partial charge in [0.15, 0.2) is 0 Å². The molecule has 2 N–H and O–H groups in total. The number of hydrogen-bond donors (Lipinski definition) is 2. The van der Waals surface area contributed by atoms with Crippen LogP contribution in [-0.4, -0.2) is 27.5 Å². The number of anilines is 1. The van der Waals surface area contributed by atoms with E-state index >= 15 is 0 Å². The van der Waals surface area contributed by atoms with E-state index in [9.17, 15) is 4.79 Å². The number of aromatic nitrogens is 2. The lowest BCUT2D eigenvalue weighted by molar-refractivity contribution is 0.217. The van der Waals surface area contributed by atoms with Gasteiger partial charge in [0, 0.05) is 25.3 Å². The molecule has 0 radical (unpaired) electrons. The van der Waals surface area contributed by atoms with Crippen molar-refractivity contribution in [3.63, 3.8) is 0 Å². The largest absolute Gasteiger partial charge is 0.396 e. The van der Waals surface area contributed by atoms with E-state index in [0.717, 1.165) is 5.69 Å². The van der Waals surface area contributed by atoms with Crippen molar-refractivity contribution in [1.29, 1.82) is 0 Å². The Hall–Kier alpha value is -1.36. The Morgan fingerprint density at radius 1 is 1.50 bits per heavy atom. The number of aliphatic hydroxyl groups is 1. The molecule has 0 saturated carbocycles. The van der Waals surface area contributed by atoms with Gasteiger partial charge in [-0.15, -0.1) is 0 Å². The summed E-state index contributed by atoms with van der Waals surface area (Å²) in [5, 5.41) is 16.1. The normalized spacial score (nSPS) is 12.8. The van der Waals surface area contributed by atoms with E-state index in [0.29, 0.717) is 6.54 Å². The van der Waals surface area contributed by atoms with Crippen LogP contribution < -0.4 is 10.9 Å². The first-order valence-corrected chi connectivity index (χ1v) is 5.47. The van der Waals surface area contributed by atoms with Gasteiger partial charge in [0.2, 0.25) is 0 Å². The molecular formula is C11H19N3O2. The summed E-state index contributed by atoms with van der Waals surface area (Å²) in [6.45, 7) is 6.37. The lowest BCUT2D eigenvalue weighted by Gasteiger charge is -2.12. The van der Waals surface area contributed by atoms with Gasteiger partial charge in [-0.3, -0.25) is 4.79 Å². The van der Waals surface area contributed by atoms with Crippen molar-refractivity contribution < 1.29 is 5.11 Å². The van der Waals surface area contributed by atoms with Gasteiger partial charge < -0.3 is 10.4 Å². The molecule has 1 heterocycles. The van der Waals surface area contributed by atoms with Gasteiger partial charge in [-0.1, -0.05) is 6.92 Å². The van der Waals surface area contributed by atoms with Crippen LogP contribution in [0.25, 0.3) is 0 Å². The van der Waals surface area contributed by atoms with E-state index in [-0.39, 0.29) is 24.1 Å². The predicted octanol–water partition coefficient (Wildman–Crippen LogP) is 0.692. The molecule has 16 heavy (non-hydrogen) atoms. The molecule has 0 bridgehead atoms. The number of hydrogen-bond acceptors (Lipinski definition) is 4. The fourth-order valence-corrected chi connectivity index (χ4v) is 1.34. The fourth-order valence-electron chi connectivity index (χ4n) is 1.34. The molecule has 1 aromatic rings. The molecule has 0 aliphatic heterocycles. The van der Waals surface area contributed by atoms with Gasteiger partial charge in [-0.25, -0.2) is 4.68 Å². The molecule has 0 fully saturated rings. The van der Waals surface area contributed by atoms with Gasteiger partial charge in [0.1, 0.15) is 0 Å². The molecular weight excluding hydrogens is 206 g/mol. The van der Waals surface area contributed by atoms with Crippen molar-refractivity contribution in [1.82, 2.24) is 9.78 Å². The highest BCUT2D eigenvalue weighted by Crippen LogP contribution is 2.03. The zero-order valence-corrected chi connectivity index (χ0v) is 9.97. The number of rotatable bonds is 5. The minimum absolute atomic E-state index is 0.0362. The Morgan fingerprint density at radius 3 is 2.69 bits per heavy atom. The monoisotopic (exact) mass is 225 g/mol.